The van der Waals surface area contributed by atoms with Gasteiger partial charge in [0.2, 0.25) is 5.95 Å². The van der Waals surface area contributed by atoms with E-state index < -0.39 is 11.9 Å². The highest BCUT2D eigenvalue weighted by Crippen LogP contribution is 1.98. The molecule has 0 saturated carbocycles. The van der Waals surface area contributed by atoms with Crippen molar-refractivity contribution in [3.8, 4) is 0 Å². The first kappa shape index (κ1) is 13.1. The molecule has 0 aliphatic carbocycles. The molecule has 1 aromatic rings. The number of ether oxygens (including phenoxy) is 1. The van der Waals surface area contributed by atoms with Crippen LogP contribution in [0.4, 0.5) is 4.39 Å². The average Bonchev–Trinajstić information content (AvgIpc) is 2.30. The third-order valence-electron chi connectivity index (χ3n) is 1.91. The number of nitrogens with one attached hydrogen (secondary N) is 1. The smallest absolute Gasteiger partial charge is 0.307 e. The first-order valence-corrected chi connectivity index (χ1v) is 5.19. The Labute approximate surface area is 98.0 Å². The van der Waals surface area contributed by atoms with E-state index in [0.717, 1.165) is 12.3 Å². The van der Waals surface area contributed by atoms with E-state index in [9.17, 15) is 14.0 Å². The average molecular weight is 240 g/mol. The summed E-state index contributed by atoms with van der Waals surface area (Å²) in [5, 5.41) is 2.51. The third kappa shape index (κ3) is 4.58. The second kappa shape index (κ2) is 6.57. The van der Waals surface area contributed by atoms with Crippen LogP contribution in [0.1, 0.15) is 23.7 Å². The van der Waals surface area contributed by atoms with Gasteiger partial charge < -0.3 is 10.1 Å². The van der Waals surface area contributed by atoms with Gasteiger partial charge in [0.05, 0.1) is 18.6 Å². The van der Waals surface area contributed by atoms with E-state index in [2.05, 4.69) is 10.3 Å². The van der Waals surface area contributed by atoms with Crippen LogP contribution in [0.15, 0.2) is 18.3 Å². The molecule has 0 unspecified atom stereocenters. The fraction of sp³-hybridized carbons (Fsp3) is 0.364. The Morgan fingerprint density at radius 3 is 2.82 bits per heavy atom. The predicted molar refractivity (Wildman–Crippen MR) is 57.8 cm³/mol. The largest absolute Gasteiger partial charge is 0.466 e. The molecule has 5 nitrogen and oxygen atoms in total. The molecule has 0 aromatic carbocycles. The van der Waals surface area contributed by atoms with Gasteiger partial charge in [0.25, 0.3) is 5.91 Å². The van der Waals surface area contributed by atoms with E-state index in [1.54, 1.807) is 6.92 Å². The van der Waals surface area contributed by atoms with Crippen molar-refractivity contribution in [2.45, 2.75) is 13.3 Å². The second-order valence-electron chi connectivity index (χ2n) is 3.18. The lowest BCUT2D eigenvalue weighted by Crippen LogP contribution is -2.26. The lowest BCUT2D eigenvalue weighted by Gasteiger charge is -2.04. The molecular weight excluding hydrogens is 227 g/mol. The van der Waals surface area contributed by atoms with E-state index in [-0.39, 0.29) is 24.5 Å². The first-order chi connectivity index (χ1) is 8.13. The zero-order valence-corrected chi connectivity index (χ0v) is 9.40. The van der Waals surface area contributed by atoms with E-state index in [1.807, 2.05) is 0 Å². The summed E-state index contributed by atoms with van der Waals surface area (Å²) in [7, 11) is 0. The van der Waals surface area contributed by atoms with Crippen molar-refractivity contribution in [3.63, 3.8) is 0 Å². The Morgan fingerprint density at radius 1 is 1.47 bits per heavy atom. The topological polar surface area (TPSA) is 68.3 Å². The van der Waals surface area contributed by atoms with E-state index >= 15 is 0 Å². The zero-order chi connectivity index (χ0) is 12.7. The predicted octanol–water partition coefficient (Wildman–Crippen LogP) is 0.904. The van der Waals surface area contributed by atoms with Crippen LogP contribution in [0.25, 0.3) is 0 Å². The molecule has 0 aliphatic rings. The molecule has 0 bridgehead atoms. The molecule has 0 saturated heterocycles. The highest BCUT2D eigenvalue weighted by Gasteiger charge is 2.07. The van der Waals surface area contributed by atoms with Crippen LogP contribution in [0.5, 0.6) is 0 Å². The number of carbonyl (C=O) groups is 2. The summed E-state index contributed by atoms with van der Waals surface area (Å²) in [6.45, 7) is 2.20. The Hall–Kier alpha value is -1.98. The summed E-state index contributed by atoms with van der Waals surface area (Å²) >= 11 is 0. The standard InChI is InChI=1S/C11H13FN2O3/c1-2-17-10(15)5-6-13-11(16)8-3-4-9(12)14-7-8/h3-4,7H,2,5-6H2,1H3,(H,13,16). The van der Waals surface area contributed by atoms with Gasteiger partial charge in [-0.2, -0.15) is 4.39 Å². The van der Waals surface area contributed by atoms with Crippen molar-refractivity contribution in [2.24, 2.45) is 0 Å². The molecule has 1 heterocycles. The van der Waals surface area contributed by atoms with Crippen molar-refractivity contribution in [3.05, 3.63) is 29.8 Å². The van der Waals surface area contributed by atoms with Crippen LogP contribution < -0.4 is 5.32 Å². The molecule has 1 rings (SSSR count). The fourth-order valence-electron chi connectivity index (χ4n) is 1.12. The molecule has 0 fully saturated rings. The van der Waals surface area contributed by atoms with Gasteiger partial charge in [0.1, 0.15) is 0 Å². The van der Waals surface area contributed by atoms with E-state index in [4.69, 9.17) is 4.74 Å². The van der Waals surface area contributed by atoms with Crippen molar-refractivity contribution in [1.29, 1.82) is 0 Å². The van der Waals surface area contributed by atoms with Gasteiger partial charge in [-0.3, -0.25) is 9.59 Å². The molecule has 0 aliphatic heterocycles. The van der Waals surface area contributed by atoms with Crippen molar-refractivity contribution in [2.75, 3.05) is 13.2 Å². The van der Waals surface area contributed by atoms with Crippen LogP contribution in [-0.4, -0.2) is 30.0 Å². The maximum Gasteiger partial charge on any atom is 0.307 e. The zero-order valence-electron chi connectivity index (χ0n) is 9.40. The van der Waals surface area contributed by atoms with Gasteiger partial charge in [-0.15, -0.1) is 0 Å². The van der Waals surface area contributed by atoms with E-state index in [0.29, 0.717) is 6.61 Å². The summed E-state index contributed by atoms with van der Waals surface area (Å²) in [5.74, 6) is -1.42. The van der Waals surface area contributed by atoms with Gasteiger partial charge in [0.15, 0.2) is 0 Å². The summed E-state index contributed by atoms with van der Waals surface area (Å²) in [5.41, 5.74) is 0.246. The molecule has 6 heteroatoms. The normalized spacial score (nSPS) is 9.76. The molecule has 0 spiro atoms. The molecule has 17 heavy (non-hydrogen) atoms. The number of amides is 1. The van der Waals surface area contributed by atoms with Crippen molar-refractivity contribution >= 4 is 11.9 Å². The fourth-order valence-corrected chi connectivity index (χ4v) is 1.12. The Balaban J connectivity index is 2.35. The second-order valence-corrected chi connectivity index (χ2v) is 3.18. The van der Waals surface area contributed by atoms with Crippen molar-refractivity contribution < 1.29 is 18.7 Å². The minimum absolute atomic E-state index is 0.105. The maximum absolute atomic E-state index is 12.5. The van der Waals surface area contributed by atoms with Crippen LogP contribution in [-0.2, 0) is 9.53 Å². The quantitative estimate of drug-likeness (QED) is 0.613. The van der Waals surface area contributed by atoms with Gasteiger partial charge in [-0.05, 0) is 19.1 Å². The molecular formula is C11H13FN2O3. The SMILES string of the molecule is CCOC(=O)CCNC(=O)c1ccc(F)nc1. The lowest BCUT2D eigenvalue weighted by atomic mass is 10.2. The van der Waals surface area contributed by atoms with Crippen molar-refractivity contribution in [1.82, 2.24) is 10.3 Å². The Kier molecular flexibility index (Phi) is 5.06. The first-order valence-electron chi connectivity index (χ1n) is 5.19. The molecule has 92 valence electrons. The number of nitrogens with zero attached hydrogens (tertiary/aromatic N) is 1. The monoisotopic (exact) mass is 240 g/mol. The molecule has 1 N–H and O–H groups in total. The number of hydrogen-bond acceptors (Lipinski definition) is 4. The molecule has 1 amide bonds. The van der Waals surface area contributed by atoms with Gasteiger partial charge in [0, 0.05) is 12.7 Å². The highest BCUT2D eigenvalue weighted by molar-refractivity contribution is 5.93. The minimum atomic E-state index is -0.645. The van der Waals surface area contributed by atoms with Crippen LogP contribution >= 0.6 is 0 Å². The Morgan fingerprint density at radius 2 is 2.24 bits per heavy atom. The summed E-state index contributed by atoms with van der Waals surface area (Å²) in [4.78, 5) is 25.8. The van der Waals surface area contributed by atoms with E-state index in [1.165, 1.54) is 6.07 Å². The number of pyridine rings is 1. The molecule has 0 atom stereocenters. The number of hydrogen-bond donors (Lipinski definition) is 1. The molecule has 0 radical (unpaired) electrons. The summed E-state index contributed by atoms with van der Waals surface area (Å²) in [6.07, 6.45) is 1.24. The van der Waals surface area contributed by atoms with Crippen LogP contribution in [0, 0.1) is 5.95 Å². The lowest BCUT2D eigenvalue weighted by molar-refractivity contribution is -0.142. The molecule has 1 aromatic heterocycles. The minimum Gasteiger partial charge on any atom is -0.466 e. The maximum atomic E-state index is 12.5. The number of esters is 1. The summed E-state index contributed by atoms with van der Waals surface area (Å²) < 4.78 is 17.2. The third-order valence-corrected chi connectivity index (χ3v) is 1.91. The van der Waals surface area contributed by atoms with Crippen LogP contribution in [0.2, 0.25) is 0 Å². The summed E-state index contributed by atoms with van der Waals surface area (Å²) in [6, 6.07) is 2.42. The van der Waals surface area contributed by atoms with Gasteiger partial charge >= 0.3 is 5.97 Å². The van der Waals surface area contributed by atoms with Crippen LogP contribution in [0.3, 0.4) is 0 Å². The number of halogens is 1. The van der Waals surface area contributed by atoms with Gasteiger partial charge in [-0.25, -0.2) is 4.98 Å². The number of carbonyl (C=O) groups excluding carboxylic acids is 2. The number of aromatic nitrogens is 1. The van der Waals surface area contributed by atoms with Gasteiger partial charge in [-0.1, -0.05) is 0 Å². The Bertz CT molecular complexity index is 392. The number of rotatable bonds is 5. The highest BCUT2D eigenvalue weighted by atomic mass is 19.1.